The molecule has 4 heteroatoms. The summed E-state index contributed by atoms with van der Waals surface area (Å²) in [5, 5.41) is 0.492. The summed E-state index contributed by atoms with van der Waals surface area (Å²) in [6.07, 6.45) is 0. The van der Waals surface area contributed by atoms with E-state index in [0.29, 0.717) is 20.5 Å². The molecule has 140 valence electrons. The standard InChI is InChI=1S/C24H23BO2S/c1-23(2)24(3,4)27-25(26-23)17-10-7-9-16(15-17)18-12-8-13-20-19-11-5-6-14-21(19)28-22(18)20/h5-15H,1-4H3/i5D,6D,8D,11D,12D,13D,14D. The summed E-state index contributed by atoms with van der Waals surface area (Å²) in [6, 6.07) is 5.56. The summed E-state index contributed by atoms with van der Waals surface area (Å²) < 4.78 is 71.8. The van der Waals surface area contributed by atoms with Crippen LogP contribution in [0.25, 0.3) is 31.3 Å². The summed E-state index contributed by atoms with van der Waals surface area (Å²) in [5.41, 5.74) is 0.747. The first kappa shape index (κ1) is 11.8. The Labute approximate surface area is 180 Å². The lowest BCUT2D eigenvalue weighted by Gasteiger charge is -2.32. The number of hydrogen-bond donors (Lipinski definition) is 0. The maximum atomic E-state index is 8.70. The van der Waals surface area contributed by atoms with E-state index in [1.54, 1.807) is 0 Å². The number of benzene rings is 3. The van der Waals surface area contributed by atoms with Crippen LogP contribution < -0.4 is 5.46 Å². The van der Waals surface area contributed by atoms with Gasteiger partial charge in [-0.05, 0) is 50.3 Å². The molecule has 1 aliphatic heterocycles. The fourth-order valence-corrected chi connectivity index (χ4v) is 4.44. The van der Waals surface area contributed by atoms with Crippen LogP contribution in [0, 0.1) is 0 Å². The lowest BCUT2D eigenvalue weighted by Crippen LogP contribution is -2.41. The van der Waals surface area contributed by atoms with Crippen LogP contribution in [-0.4, -0.2) is 18.3 Å². The average molecular weight is 393 g/mol. The van der Waals surface area contributed by atoms with Gasteiger partial charge in [0.05, 0.1) is 20.8 Å². The second kappa shape index (κ2) is 6.18. The van der Waals surface area contributed by atoms with Gasteiger partial charge in [-0.25, -0.2) is 0 Å². The fraction of sp³-hybridized carbons (Fsp3) is 0.250. The maximum absolute atomic E-state index is 8.70. The quantitative estimate of drug-likeness (QED) is 0.388. The van der Waals surface area contributed by atoms with E-state index in [4.69, 9.17) is 18.9 Å². The van der Waals surface area contributed by atoms with Crippen molar-refractivity contribution in [2.24, 2.45) is 0 Å². The predicted octanol–water partition coefficient (Wildman–Crippen LogP) is 6.02. The average Bonchev–Trinajstić information content (AvgIpc) is 3.29. The number of thiophene rings is 1. The SMILES string of the molecule is [2H]c1c([2H])c([2H])c2c(sc3c(-c4cccc(B5OC(C)(C)C(C)(C)O5)c4)c([2H])c([2H])c([2H])c32)c1[2H]. The Bertz CT molecular complexity index is 1530. The van der Waals surface area contributed by atoms with Crippen molar-refractivity contribution in [3.8, 4) is 11.1 Å². The molecule has 5 rings (SSSR count). The van der Waals surface area contributed by atoms with Crippen molar-refractivity contribution in [3.63, 3.8) is 0 Å². The Morgan fingerprint density at radius 3 is 2.39 bits per heavy atom. The van der Waals surface area contributed by atoms with Crippen molar-refractivity contribution < 1.29 is 18.9 Å². The van der Waals surface area contributed by atoms with Gasteiger partial charge >= 0.3 is 7.12 Å². The molecule has 0 saturated carbocycles. The molecule has 2 heterocycles. The molecule has 1 aliphatic rings. The van der Waals surface area contributed by atoms with E-state index in [9.17, 15) is 0 Å². The molecule has 1 fully saturated rings. The maximum Gasteiger partial charge on any atom is 0.494 e. The van der Waals surface area contributed by atoms with E-state index < -0.39 is 18.3 Å². The molecular formula is C24H23BO2S. The molecule has 0 atom stereocenters. The van der Waals surface area contributed by atoms with Gasteiger partial charge < -0.3 is 9.31 Å². The van der Waals surface area contributed by atoms with Crippen LogP contribution >= 0.6 is 11.3 Å². The number of fused-ring (bicyclic) bond motifs is 3. The minimum atomic E-state index is -0.616. The highest BCUT2D eigenvalue weighted by atomic mass is 32.1. The Hall–Kier alpha value is -2.14. The van der Waals surface area contributed by atoms with Gasteiger partial charge in [0.15, 0.2) is 0 Å². The van der Waals surface area contributed by atoms with Gasteiger partial charge in [0.25, 0.3) is 0 Å². The van der Waals surface area contributed by atoms with Crippen LogP contribution in [0.4, 0.5) is 0 Å². The third-order valence-electron chi connectivity index (χ3n) is 5.64. The number of rotatable bonds is 2. The van der Waals surface area contributed by atoms with E-state index in [1.807, 2.05) is 52.0 Å². The molecule has 0 radical (unpaired) electrons. The lowest BCUT2D eigenvalue weighted by molar-refractivity contribution is 0.00578. The van der Waals surface area contributed by atoms with Crippen molar-refractivity contribution in [3.05, 3.63) is 66.6 Å². The Kier molecular flexibility index (Phi) is 2.60. The van der Waals surface area contributed by atoms with Crippen molar-refractivity contribution in [1.29, 1.82) is 0 Å². The van der Waals surface area contributed by atoms with E-state index in [0.717, 1.165) is 16.8 Å². The zero-order chi connectivity index (χ0) is 25.6. The lowest BCUT2D eigenvalue weighted by atomic mass is 9.78. The van der Waals surface area contributed by atoms with Crippen LogP contribution in [0.3, 0.4) is 0 Å². The molecule has 0 unspecified atom stereocenters. The molecule has 0 bridgehead atoms. The van der Waals surface area contributed by atoms with Crippen LogP contribution in [0.5, 0.6) is 0 Å². The summed E-state index contributed by atoms with van der Waals surface area (Å²) in [4.78, 5) is 0. The van der Waals surface area contributed by atoms with Crippen molar-refractivity contribution in [2.75, 3.05) is 0 Å². The summed E-state index contributed by atoms with van der Waals surface area (Å²) in [6.45, 7) is 7.88. The second-order valence-electron chi connectivity index (χ2n) is 7.97. The van der Waals surface area contributed by atoms with Gasteiger partial charge in [-0.3, -0.25) is 0 Å². The highest BCUT2D eigenvalue weighted by Crippen LogP contribution is 2.40. The van der Waals surface area contributed by atoms with E-state index >= 15 is 0 Å². The molecule has 0 N–H and O–H groups in total. The summed E-state index contributed by atoms with van der Waals surface area (Å²) >= 11 is 1.12. The van der Waals surface area contributed by atoms with Gasteiger partial charge in [-0.1, -0.05) is 60.5 Å². The van der Waals surface area contributed by atoms with Gasteiger partial charge in [-0.2, -0.15) is 0 Å². The van der Waals surface area contributed by atoms with E-state index in [1.165, 1.54) is 0 Å². The molecule has 1 saturated heterocycles. The monoisotopic (exact) mass is 393 g/mol. The fourth-order valence-electron chi connectivity index (χ4n) is 3.35. The third-order valence-corrected chi connectivity index (χ3v) is 6.76. The number of hydrogen-bond acceptors (Lipinski definition) is 3. The summed E-state index contributed by atoms with van der Waals surface area (Å²) in [7, 11) is -0.616. The van der Waals surface area contributed by atoms with Gasteiger partial charge in [0, 0.05) is 20.2 Å². The first-order valence-electron chi connectivity index (χ1n) is 12.6. The highest BCUT2D eigenvalue weighted by molar-refractivity contribution is 7.26. The first-order chi connectivity index (χ1) is 16.3. The van der Waals surface area contributed by atoms with Gasteiger partial charge in [0.2, 0.25) is 0 Å². The van der Waals surface area contributed by atoms with Crippen LogP contribution in [-0.2, 0) is 9.31 Å². The van der Waals surface area contributed by atoms with Crippen LogP contribution in [0.1, 0.15) is 37.3 Å². The Morgan fingerprint density at radius 2 is 1.61 bits per heavy atom. The third kappa shape index (κ3) is 2.71. The highest BCUT2D eigenvalue weighted by Gasteiger charge is 2.51. The molecule has 1 aromatic heterocycles. The van der Waals surface area contributed by atoms with Crippen molar-refractivity contribution >= 4 is 44.1 Å². The van der Waals surface area contributed by atoms with E-state index in [-0.39, 0.29) is 53.1 Å². The largest absolute Gasteiger partial charge is 0.494 e. The van der Waals surface area contributed by atoms with E-state index in [2.05, 4.69) is 0 Å². The van der Waals surface area contributed by atoms with Gasteiger partial charge in [-0.15, -0.1) is 11.3 Å². The molecule has 2 nitrogen and oxygen atoms in total. The first-order valence-corrected chi connectivity index (χ1v) is 9.96. The van der Waals surface area contributed by atoms with Crippen LogP contribution in [0.15, 0.2) is 66.6 Å². The Balaban J connectivity index is 1.79. The second-order valence-corrected chi connectivity index (χ2v) is 8.99. The van der Waals surface area contributed by atoms with Gasteiger partial charge in [0.1, 0.15) is 0 Å². The molecule has 0 spiro atoms. The predicted molar refractivity (Wildman–Crippen MR) is 120 cm³/mol. The molecule has 0 amide bonds. The molecule has 3 aromatic carbocycles. The zero-order valence-electron chi connectivity index (χ0n) is 23.1. The molecular weight excluding hydrogens is 363 g/mol. The summed E-state index contributed by atoms with van der Waals surface area (Å²) in [5.74, 6) is 0. The molecule has 0 aliphatic carbocycles. The smallest absolute Gasteiger partial charge is 0.399 e. The van der Waals surface area contributed by atoms with Crippen molar-refractivity contribution in [1.82, 2.24) is 0 Å². The topological polar surface area (TPSA) is 18.5 Å². The minimum Gasteiger partial charge on any atom is -0.399 e. The normalized spacial score (nSPS) is 21.7. The Morgan fingerprint density at radius 1 is 0.893 bits per heavy atom. The molecule has 4 aromatic rings. The minimum absolute atomic E-state index is 0.129. The van der Waals surface area contributed by atoms with Crippen LogP contribution in [0.2, 0.25) is 0 Å². The zero-order valence-corrected chi connectivity index (χ0v) is 16.9. The van der Waals surface area contributed by atoms with Crippen molar-refractivity contribution in [2.45, 2.75) is 38.9 Å². The molecule has 28 heavy (non-hydrogen) atoms.